The molecule has 19 heavy (non-hydrogen) atoms. The third-order valence-electron chi connectivity index (χ3n) is 3.30. The topological polar surface area (TPSA) is 66.3 Å². The molecule has 0 fully saturated rings. The van der Waals surface area contributed by atoms with Crippen molar-refractivity contribution < 1.29 is 9.90 Å². The Bertz CT molecular complexity index is 628. The van der Waals surface area contributed by atoms with Gasteiger partial charge in [0.2, 0.25) is 0 Å². The number of hydrogen-bond acceptors (Lipinski definition) is 4. The lowest BCUT2D eigenvalue weighted by Gasteiger charge is -2.30. The van der Waals surface area contributed by atoms with Crippen molar-refractivity contribution in [2.75, 3.05) is 11.4 Å². The summed E-state index contributed by atoms with van der Waals surface area (Å²) in [5.41, 5.74) is 2.43. The van der Waals surface area contributed by atoms with Gasteiger partial charge >= 0.3 is 5.97 Å². The van der Waals surface area contributed by atoms with E-state index in [4.69, 9.17) is 0 Å². The van der Waals surface area contributed by atoms with Gasteiger partial charge in [0.15, 0.2) is 5.82 Å². The first kappa shape index (κ1) is 11.6. The van der Waals surface area contributed by atoms with Crippen LogP contribution in [0.5, 0.6) is 0 Å². The van der Waals surface area contributed by atoms with E-state index in [-0.39, 0.29) is 5.56 Å². The number of rotatable bonds is 2. The third-order valence-corrected chi connectivity index (χ3v) is 3.30. The number of hydrogen-bond donors (Lipinski definition) is 1. The van der Waals surface area contributed by atoms with E-state index in [0.29, 0.717) is 5.82 Å². The molecule has 1 aromatic carbocycles. The van der Waals surface area contributed by atoms with E-state index in [9.17, 15) is 9.90 Å². The van der Waals surface area contributed by atoms with Crippen molar-refractivity contribution in [3.63, 3.8) is 0 Å². The molecule has 5 heteroatoms. The number of aromatic carboxylic acids is 1. The van der Waals surface area contributed by atoms with E-state index >= 15 is 0 Å². The molecule has 96 valence electrons. The van der Waals surface area contributed by atoms with E-state index in [1.807, 2.05) is 23.1 Å². The van der Waals surface area contributed by atoms with Gasteiger partial charge in [-0.25, -0.2) is 4.79 Å². The van der Waals surface area contributed by atoms with Crippen LogP contribution in [0.25, 0.3) is 0 Å². The van der Waals surface area contributed by atoms with Gasteiger partial charge in [-0.15, -0.1) is 5.10 Å². The zero-order valence-electron chi connectivity index (χ0n) is 10.3. The van der Waals surface area contributed by atoms with Gasteiger partial charge in [0.1, 0.15) is 5.56 Å². The lowest BCUT2D eigenvalue weighted by Crippen LogP contribution is -2.27. The van der Waals surface area contributed by atoms with Gasteiger partial charge in [-0.2, -0.15) is 5.10 Å². The molecule has 0 unspecified atom stereocenters. The van der Waals surface area contributed by atoms with E-state index in [1.54, 1.807) is 0 Å². The summed E-state index contributed by atoms with van der Waals surface area (Å²) in [5.74, 6) is -0.560. The van der Waals surface area contributed by atoms with E-state index < -0.39 is 5.97 Å². The highest BCUT2D eigenvalue weighted by Gasteiger charge is 2.23. The summed E-state index contributed by atoms with van der Waals surface area (Å²) in [6.45, 7) is 0.760. The number of carboxylic acid groups (broad SMARTS) is 1. The molecule has 2 aromatic rings. The fraction of sp³-hybridized carbons (Fsp3) is 0.214. The maximum Gasteiger partial charge on any atom is 0.339 e. The van der Waals surface area contributed by atoms with Crippen LogP contribution in [0, 0.1) is 0 Å². The van der Waals surface area contributed by atoms with Gasteiger partial charge < -0.3 is 10.0 Å². The summed E-state index contributed by atoms with van der Waals surface area (Å²) in [5, 5.41) is 17.1. The van der Waals surface area contributed by atoms with Crippen LogP contribution in [-0.2, 0) is 6.42 Å². The molecule has 1 aliphatic heterocycles. The minimum Gasteiger partial charge on any atom is -0.478 e. The highest BCUT2D eigenvalue weighted by atomic mass is 16.4. The number of benzene rings is 1. The van der Waals surface area contributed by atoms with Crippen LogP contribution in [0.2, 0.25) is 0 Å². The van der Waals surface area contributed by atoms with Crippen molar-refractivity contribution in [1.82, 2.24) is 10.2 Å². The Labute approximate surface area is 110 Å². The lowest BCUT2D eigenvalue weighted by molar-refractivity contribution is 0.0697. The van der Waals surface area contributed by atoms with Crippen LogP contribution in [-0.4, -0.2) is 27.8 Å². The predicted molar refractivity (Wildman–Crippen MR) is 70.8 cm³/mol. The average molecular weight is 255 g/mol. The van der Waals surface area contributed by atoms with E-state index in [0.717, 1.165) is 25.1 Å². The van der Waals surface area contributed by atoms with Gasteiger partial charge in [-0.05, 0) is 30.5 Å². The first-order valence-corrected chi connectivity index (χ1v) is 6.18. The van der Waals surface area contributed by atoms with Gasteiger partial charge in [-0.1, -0.05) is 18.2 Å². The van der Waals surface area contributed by atoms with E-state index in [2.05, 4.69) is 16.3 Å². The normalized spacial score (nSPS) is 14.0. The second kappa shape index (κ2) is 4.68. The van der Waals surface area contributed by atoms with Crippen molar-refractivity contribution in [3.05, 3.63) is 47.7 Å². The number of carboxylic acids is 1. The van der Waals surface area contributed by atoms with E-state index in [1.165, 1.54) is 17.8 Å². The summed E-state index contributed by atoms with van der Waals surface area (Å²) in [7, 11) is 0. The maximum absolute atomic E-state index is 11.3. The van der Waals surface area contributed by atoms with Crippen molar-refractivity contribution >= 4 is 17.5 Å². The summed E-state index contributed by atoms with van der Waals surface area (Å²) in [6, 6.07) is 9.50. The number of fused-ring (bicyclic) bond motifs is 1. The smallest absolute Gasteiger partial charge is 0.339 e. The van der Waals surface area contributed by atoms with Crippen LogP contribution in [0.3, 0.4) is 0 Å². The number of nitrogens with zero attached hydrogens (tertiary/aromatic N) is 3. The number of aromatic nitrogens is 2. The first-order valence-electron chi connectivity index (χ1n) is 6.18. The average Bonchev–Trinajstić information content (AvgIpc) is 2.46. The monoisotopic (exact) mass is 255 g/mol. The number of para-hydroxylation sites is 1. The Morgan fingerprint density at radius 3 is 2.95 bits per heavy atom. The highest BCUT2D eigenvalue weighted by Crippen LogP contribution is 2.33. The molecule has 3 rings (SSSR count). The molecule has 5 nitrogen and oxygen atoms in total. The van der Waals surface area contributed by atoms with Crippen LogP contribution < -0.4 is 4.90 Å². The molecule has 0 aliphatic carbocycles. The van der Waals surface area contributed by atoms with Crippen LogP contribution >= 0.6 is 0 Å². The van der Waals surface area contributed by atoms with Crippen molar-refractivity contribution in [1.29, 1.82) is 0 Å². The van der Waals surface area contributed by atoms with Crippen LogP contribution in [0.1, 0.15) is 22.3 Å². The van der Waals surface area contributed by atoms with Crippen LogP contribution in [0.15, 0.2) is 36.5 Å². The largest absolute Gasteiger partial charge is 0.478 e. The predicted octanol–water partition coefficient (Wildman–Crippen LogP) is 2.26. The minimum atomic E-state index is -0.979. The van der Waals surface area contributed by atoms with Gasteiger partial charge in [0.05, 0.1) is 6.20 Å². The Morgan fingerprint density at radius 2 is 2.11 bits per heavy atom. The molecule has 0 radical (unpaired) electrons. The number of carbonyl (C=O) groups is 1. The summed E-state index contributed by atoms with van der Waals surface area (Å²) >= 11 is 0. The molecular formula is C14H13N3O2. The van der Waals surface area contributed by atoms with Crippen molar-refractivity contribution in [3.8, 4) is 0 Å². The molecule has 1 aliphatic rings. The first-order chi connectivity index (χ1) is 9.27. The lowest BCUT2D eigenvalue weighted by atomic mass is 10.0. The van der Waals surface area contributed by atoms with Gasteiger partial charge in [0.25, 0.3) is 0 Å². The Morgan fingerprint density at radius 1 is 1.26 bits per heavy atom. The highest BCUT2D eigenvalue weighted by molar-refractivity contribution is 5.94. The molecule has 0 bridgehead atoms. The second-order valence-electron chi connectivity index (χ2n) is 4.46. The molecule has 1 N–H and O–H groups in total. The summed E-state index contributed by atoms with van der Waals surface area (Å²) < 4.78 is 0. The van der Waals surface area contributed by atoms with Crippen molar-refractivity contribution in [2.24, 2.45) is 0 Å². The summed E-state index contributed by atoms with van der Waals surface area (Å²) in [4.78, 5) is 13.2. The molecule has 0 amide bonds. The maximum atomic E-state index is 11.3. The SMILES string of the molecule is O=C(O)c1ccnnc1N1CCCc2ccccc21. The zero-order chi connectivity index (χ0) is 13.2. The van der Waals surface area contributed by atoms with Crippen LogP contribution in [0.4, 0.5) is 11.5 Å². The molecule has 0 spiro atoms. The summed E-state index contributed by atoms with van der Waals surface area (Å²) in [6.07, 6.45) is 3.39. The fourth-order valence-corrected chi connectivity index (χ4v) is 2.44. The Hall–Kier alpha value is -2.43. The molecular weight excluding hydrogens is 242 g/mol. The zero-order valence-corrected chi connectivity index (χ0v) is 10.3. The number of anilines is 2. The quantitative estimate of drug-likeness (QED) is 0.891. The van der Waals surface area contributed by atoms with Gasteiger partial charge in [-0.3, -0.25) is 0 Å². The Balaban J connectivity index is 2.12. The molecule has 0 saturated heterocycles. The molecule has 0 saturated carbocycles. The molecule has 2 heterocycles. The van der Waals surface area contributed by atoms with Crippen molar-refractivity contribution in [2.45, 2.75) is 12.8 Å². The minimum absolute atomic E-state index is 0.187. The third kappa shape index (κ3) is 2.03. The Kier molecular flexibility index (Phi) is 2.87. The fourth-order valence-electron chi connectivity index (χ4n) is 2.44. The molecule has 1 aromatic heterocycles. The van der Waals surface area contributed by atoms with Gasteiger partial charge in [0, 0.05) is 12.2 Å². The standard InChI is InChI=1S/C14H13N3O2/c18-14(19)11-7-8-15-16-13(11)17-9-3-5-10-4-1-2-6-12(10)17/h1-2,4,6-8H,3,5,9H2,(H,18,19). The number of aryl methyl sites for hydroxylation is 1. The molecule has 0 atom stereocenters. The second-order valence-corrected chi connectivity index (χ2v) is 4.46.